The van der Waals surface area contributed by atoms with E-state index in [1.165, 1.54) is 11.0 Å². The third kappa shape index (κ3) is 3.79. The van der Waals surface area contributed by atoms with Gasteiger partial charge >= 0.3 is 0 Å². The van der Waals surface area contributed by atoms with Crippen LogP contribution in [0.5, 0.6) is 0 Å². The van der Waals surface area contributed by atoms with Crippen LogP contribution in [0.4, 0.5) is 14.5 Å². The molecule has 0 bridgehead atoms. The Morgan fingerprint density at radius 1 is 1.28 bits per heavy atom. The molecule has 2 nitrogen and oxygen atoms in total. The van der Waals surface area contributed by atoms with E-state index in [1.54, 1.807) is 0 Å². The second-order valence-electron chi connectivity index (χ2n) is 4.67. The van der Waals surface area contributed by atoms with Crippen LogP contribution >= 0.6 is 0 Å². The highest BCUT2D eigenvalue weighted by atomic mass is 19.2. The van der Waals surface area contributed by atoms with Gasteiger partial charge in [-0.15, -0.1) is 0 Å². The van der Waals surface area contributed by atoms with Crippen molar-refractivity contribution in [2.24, 2.45) is 5.92 Å². The second-order valence-corrected chi connectivity index (χ2v) is 4.67. The molecule has 18 heavy (non-hydrogen) atoms. The molecule has 4 heteroatoms. The van der Waals surface area contributed by atoms with Gasteiger partial charge in [-0.05, 0) is 31.4 Å². The first kappa shape index (κ1) is 14.6. The molecule has 0 aliphatic rings. The minimum absolute atomic E-state index is 0.0581. The Morgan fingerprint density at radius 2 is 1.94 bits per heavy atom. The Kier molecular flexibility index (Phi) is 5.25. The third-order valence-corrected chi connectivity index (χ3v) is 2.77. The van der Waals surface area contributed by atoms with Crippen LogP contribution in [0.25, 0.3) is 0 Å². The van der Waals surface area contributed by atoms with Crippen molar-refractivity contribution in [2.45, 2.75) is 33.6 Å². The molecule has 0 aromatic heterocycles. The first-order valence-electron chi connectivity index (χ1n) is 6.21. The smallest absolute Gasteiger partial charge is 0.226 e. The van der Waals surface area contributed by atoms with Crippen LogP contribution in [-0.2, 0) is 4.79 Å². The lowest BCUT2D eigenvalue weighted by atomic mass is 10.1. The normalized spacial score (nSPS) is 10.8. The van der Waals surface area contributed by atoms with Crippen LogP contribution in [0.2, 0.25) is 0 Å². The van der Waals surface area contributed by atoms with Gasteiger partial charge in [-0.2, -0.15) is 0 Å². The van der Waals surface area contributed by atoms with E-state index in [0.29, 0.717) is 24.6 Å². The zero-order valence-electron chi connectivity index (χ0n) is 11.0. The Morgan fingerprint density at radius 3 is 2.44 bits per heavy atom. The summed E-state index contributed by atoms with van der Waals surface area (Å²) in [5.41, 5.74) is 0.408. The van der Waals surface area contributed by atoms with Gasteiger partial charge in [0.15, 0.2) is 11.6 Å². The zero-order valence-corrected chi connectivity index (χ0v) is 11.0. The molecule has 100 valence electrons. The molecule has 0 unspecified atom stereocenters. The van der Waals surface area contributed by atoms with Crippen LogP contribution in [0.3, 0.4) is 0 Å². The van der Waals surface area contributed by atoms with E-state index in [1.807, 2.05) is 20.8 Å². The van der Waals surface area contributed by atoms with Gasteiger partial charge in [-0.25, -0.2) is 8.78 Å². The summed E-state index contributed by atoms with van der Waals surface area (Å²) in [7, 11) is 0. The summed E-state index contributed by atoms with van der Waals surface area (Å²) < 4.78 is 26.0. The molecule has 1 aromatic carbocycles. The summed E-state index contributed by atoms with van der Waals surface area (Å²) in [6, 6.07) is 3.53. The molecule has 0 saturated carbocycles. The summed E-state index contributed by atoms with van der Waals surface area (Å²) in [6.07, 6.45) is 1.21. The van der Waals surface area contributed by atoms with Gasteiger partial charge in [-0.3, -0.25) is 4.79 Å². The standard InChI is InChI=1S/C14H19F2NO/c1-4-17(14(18)8-5-10(2)3)11-6-7-12(15)13(16)9-11/h6-7,9-10H,4-5,8H2,1-3H3. The zero-order chi connectivity index (χ0) is 13.7. The van der Waals surface area contributed by atoms with E-state index >= 15 is 0 Å². The maximum absolute atomic E-state index is 13.1. The molecular formula is C14H19F2NO. The summed E-state index contributed by atoms with van der Waals surface area (Å²) in [6.45, 7) is 6.35. The molecule has 1 amide bonds. The van der Waals surface area contributed by atoms with Crippen LogP contribution in [-0.4, -0.2) is 12.5 Å². The van der Waals surface area contributed by atoms with E-state index < -0.39 is 11.6 Å². The Hall–Kier alpha value is -1.45. The van der Waals surface area contributed by atoms with E-state index in [4.69, 9.17) is 0 Å². The van der Waals surface area contributed by atoms with Crippen LogP contribution in [0.1, 0.15) is 33.6 Å². The fourth-order valence-corrected chi connectivity index (χ4v) is 1.70. The maximum atomic E-state index is 13.1. The average molecular weight is 255 g/mol. The monoisotopic (exact) mass is 255 g/mol. The maximum Gasteiger partial charge on any atom is 0.226 e. The fourth-order valence-electron chi connectivity index (χ4n) is 1.70. The number of hydrogen-bond donors (Lipinski definition) is 0. The highest BCUT2D eigenvalue weighted by molar-refractivity contribution is 5.93. The van der Waals surface area contributed by atoms with Crippen LogP contribution < -0.4 is 4.90 Å². The number of rotatable bonds is 5. The molecule has 0 aliphatic heterocycles. The number of carbonyl (C=O) groups is 1. The minimum atomic E-state index is -0.928. The quantitative estimate of drug-likeness (QED) is 0.784. The molecule has 1 rings (SSSR count). The van der Waals surface area contributed by atoms with Gasteiger partial charge in [0.1, 0.15) is 0 Å². The Bertz CT molecular complexity index is 418. The molecule has 1 aromatic rings. The van der Waals surface area contributed by atoms with E-state index in [-0.39, 0.29) is 5.91 Å². The van der Waals surface area contributed by atoms with Crippen molar-refractivity contribution in [1.82, 2.24) is 0 Å². The molecule has 0 heterocycles. The topological polar surface area (TPSA) is 20.3 Å². The van der Waals surface area contributed by atoms with Gasteiger partial charge in [0.25, 0.3) is 0 Å². The van der Waals surface area contributed by atoms with E-state index in [0.717, 1.165) is 18.6 Å². The number of halogens is 2. The van der Waals surface area contributed by atoms with Crippen molar-refractivity contribution < 1.29 is 13.6 Å². The van der Waals surface area contributed by atoms with Crippen LogP contribution in [0, 0.1) is 17.6 Å². The SMILES string of the molecule is CCN(C(=O)CCC(C)C)c1ccc(F)c(F)c1. The number of nitrogens with zero attached hydrogens (tertiary/aromatic N) is 1. The van der Waals surface area contributed by atoms with Gasteiger partial charge in [0, 0.05) is 24.7 Å². The Labute approximate surface area is 107 Å². The average Bonchev–Trinajstić information content (AvgIpc) is 2.32. The molecule has 0 atom stereocenters. The minimum Gasteiger partial charge on any atom is -0.313 e. The first-order valence-corrected chi connectivity index (χ1v) is 6.21. The molecule has 0 radical (unpaired) electrons. The highest BCUT2D eigenvalue weighted by Gasteiger charge is 2.15. The summed E-state index contributed by atoms with van der Waals surface area (Å²) >= 11 is 0. The molecular weight excluding hydrogens is 236 g/mol. The number of carbonyl (C=O) groups excluding carboxylic acids is 1. The van der Waals surface area contributed by atoms with Gasteiger partial charge in [-0.1, -0.05) is 13.8 Å². The second kappa shape index (κ2) is 6.47. The van der Waals surface area contributed by atoms with Crippen molar-refractivity contribution >= 4 is 11.6 Å². The number of anilines is 1. The van der Waals surface area contributed by atoms with Gasteiger partial charge < -0.3 is 4.90 Å². The van der Waals surface area contributed by atoms with Crippen molar-refractivity contribution in [2.75, 3.05) is 11.4 Å². The number of benzene rings is 1. The van der Waals surface area contributed by atoms with Crippen LogP contribution in [0.15, 0.2) is 18.2 Å². The van der Waals surface area contributed by atoms with E-state index in [9.17, 15) is 13.6 Å². The number of hydrogen-bond acceptors (Lipinski definition) is 1. The van der Waals surface area contributed by atoms with Crippen molar-refractivity contribution in [3.63, 3.8) is 0 Å². The third-order valence-electron chi connectivity index (χ3n) is 2.77. The summed E-state index contributed by atoms with van der Waals surface area (Å²) in [5, 5.41) is 0. The molecule has 0 saturated heterocycles. The van der Waals surface area contributed by atoms with Crippen molar-refractivity contribution in [3.05, 3.63) is 29.8 Å². The first-order chi connectivity index (χ1) is 8.45. The lowest BCUT2D eigenvalue weighted by Gasteiger charge is -2.21. The number of amides is 1. The Balaban J connectivity index is 2.81. The fraction of sp³-hybridized carbons (Fsp3) is 0.500. The van der Waals surface area contributed by atoms with Crippen molar-refractivity contribution in [1.29, 1.82) is 0 Å². The molecule has 0 fully saturated rings. The molecule has 0 aliphatic carbocycles. The highest BCUT2D eigenvalue weighted by Crippen LogP contribution is 2.19. The lowest BCUT2D eigenvalue weighted by Crippen LogP contribution is -2.30. The van der Waals surface area contributed by atoms with Gasteiger partial charge in [0.05, 0.1) is 0 Å². The van der Waals surface area contributed by atoms with Crippen molar-refractivity contribution in [3.8, 4) is 0 Å². The van der Waals surface area contributed by atoms with E-state index in [2.05, 4.69) is 0 Å². The lowest BCUT2D eigenvalue weighted by molar-refractivity contribution is -0.118. The van der Waals surface area contributed by atoms with Gasteiger partial charge in [0.2, 0.25) is 5.91 Å². The molecule has 0 N–H and O–H groups in total. The summed E-state index contributed by atoms with van der Waals surface area (Å²) in [5.74, 6) is -1.44. The summed E-state index contributed by atoms with van der Waals surface area (Å²) in [4.78, 5) is 13.5. The largest absolute Gasteiger partial charge is 0.313 e. The predicted octanol–water partition coefficient (Wildman–Crippen LogP) is 3.75. The predicted molar refractivity (Wildman–Crippen MR) is 68.5 cm³/mol. The molecule has 0 spiro atoms.